The molecule has 0 radical (unpaired) electrons. The van der Waals surface area contributed by atoms with Crippen LogP contribution in [-0.2, 0) is 10.0 Å². The molecule has 7 heteroatoms. The largest absolute Gasteiger partial charge is 0.326 e. The second-order valence-corrected chi connectivity index (χ2v) is 7.19. The van der Waals surface area contributed by atoms with Crippen LogP contribution in [0.5, 0.6) is 0 Å². The Morgan fingerprint density at radius 1 is 1.25 bits per heavy atom. The Morgan fingerprint density at radius 3 is 2.65 bits per heavy atom. The molecule has 1 fully saturated rings. The fourth-order valence-corrected chi connectivity index (χ4v) is 4.29. The summed E-state index contributed by atoms with van der Waals surface area (Å²) in [7, 11) is -3.79. The van der Waals surface area contributed by atoms with Gasteiger partial charge >= 0.3 is 0 Å². The number of hydrogen-bond acceptors (Lipinski definition) is 3. The minimum absolute atomic E-state index is 0.114. The van der Waals surface area contributed by atoms with E-state index >= 15 is 0 Å². The lowest BCUT2D eigenvalue weighted by Gasteiger charge is -2.22. The predicted molar refractivity (Wildman–Crippen MR) is 76.6 cm³/mol. The van der Waals surface area contributed by atoms with Crippen LogP contribution in [0.1, 0.15) is 32.1 Å². The van der Waals surface area contributed by atoms with Crippen LogP contribution in [0.25, 0.3) is 0 Å². The number of benzene rings is 1. The highest BCUT2D eigenvalue weighted by Gasteiger charge is 2.27. The Hall–Kier alpha value is -0.690. The molecule has 2 unspecified atom stereocenters. The fraction of sp³-hybridized carbons (Fsp3) is 0.538. The van der Waals surface area contributed by atoms with Crippen molar-refractivity contribution in [3.8, 4) is 0 Å². The molecule has 2 atom stereocenters. The Balaban J connectivity index is 2.21. The number of rotatable bonds is 3. The van der Waals surface area contributed by atoms with Gasteiger partial charge in [-0.1, -0.05) is 30.9 Å². The van der Waals surface area contributed by atoms with Gasteiger partial charge in [-0.25, -0.2) is 17.5 Å². The zero-order valence-corrected chi connectivity index (χ0v) is 12.6. The lowest BCUT2D eigenvalue weighted by molar-refractivity contribution is 0.456. The summed E-state index contributed by atoms with van der Waals surface area (Å²) >= 11 is 5.81. The smallest absolute Gasteiger partial charge is 0.242 e. The zero-order chi connectivity index (χ0) is 14.8. The molecule has 3 N–H and O–H groups in total. The molecule has 0 heterocycles. The van der Waals surface area contributed by atoms with Crippen molar-refractivity contribution in [1.29, 1.82) is 0 Å². The first-order chi connectivity index (χ1) is 9.40. The second kappa shape index (κ2) is 6.39. The summed E-state index contributed by atoms with van der Waals surface area (Å²) in [4.78, 5) is -0.114. The minimum Gasteiger partial charge on any atom is -0.326 e. The van der Waals surface area contributed by atoms with E-state index in [2.05, 4.69) is 4.72 Å². The first-order valence-electron chi connectivity index (χ1n) is 6.63. The number of nitrogens with one attached hydrogen (secondary N) is 1. The van der Waals surface area contributed by atoms with E-state index in [0.29, 0.717) is 6.42 Å². The molecule has 1 aliphatic rings. The molecule has 1 saturated carbocycles. The summed E-state index contributed by atoms with van der Waals surface area (Å²) in [5.41, 5.74) is 6.01. The summed E-state index contributed by atoms with van der Waals surface area (Å²) in [6, 6.07) is 2.73. The average Bonchev–Trinajstić information content (AvgIpc) is 2.54. The monoisotopic (exact) mass is 320 g/mol. The van der Waals surface area contributed by atoms with Crippen LogP contribution in [0.4, 0.5) is 4.39 Å². The van der Waals surface area contributed by atoms with Gasteiger partial charge in [-0.05, 0) is 31.0 Å². The quantitative estimate of drug-likeness (QED) is 0.840. The minimum atomic E-state index is -3.79. The van der Waals surface area contributed by atoms with Crippen molar-refractivity contribution in [2.75, 3.05) is 0 Å². The lowest BCUT2D eigenvalue weighted by Crippen LogP contribution is -2.46. The average molecular weight is 321 g/mol. The van der Waals surface area contributed by atoms with Gasteiger partial charge in [-0.2, -0.15) is 0 Å². The Bertz CT molecular complexity index is 580. The van der Waals surface area contributed by atoms with Gasteiger partial charge < -0.3 is 5.73 Å². The van der Waals surface area contributed by atoms with E-state index in [9.17, 15) is 12.8 Å². The maximum atomic E-state index is 13.0. The Labute approximate surface area is 123 Å². The van der Waals surface area contributed by atoms with Crippen LogP contribution >= 0.6 is 11.6 Å². The molecule has 0 aromatic heterocycles. The van der Waals surface area contributed by atoms with Gasteiger partial charge in [0.1, 0.15) is 10.7 Å². The normalized spacial score (nSPS) is 24.4. The third-order valence-electron chi connectivity index (χ3n) is 3.56. The van der Waals surface area contributed by atoms with Crippen molar-refractivity contribution in [1.82, 2.24) is 4.72 Å². The van der Waals surface area contributed by atoms with Gasteiger partial charge in [0.2, 0.25) is 10.0 Å². The van der Waals surface area contributed by atoms with E-state index in [1.165, 1.54) is 6.07 Å². The highest BCUT2D eigenvalue weighted by molar-refractivity contribution is 7.89. The van der Waals surface area contributed by atoms with Crippen molar-refractivity contribution in [2.24, 2.45) is 5.73 Å². The topological polar surface area (TPSA) is 72.2 Å². The lowest BCUT2D eigenvalue weighted by atomic mass is 10.1. The molecule has 0 bridgehead atoms. The summed E-state index contributed by atoms with van der Waals surface area (Å²) in [6.45, 7) is 0. The van der Waals surface area contributed by atoms with Crippen LogP contribution in [0.15, 0.2) is 23.1 Å². The molecule has 112 valence electrons. The number of sulfonamides is 1. The summed E-state index contributed by atoms with van der Waals surface area (Å²) in [5, 5.41) is -0.125. The van der Waals surface area contributed by atoms with E-state index in [1.807, 2.05) is 0 Å². The first-order valence-corrected chi connectivity index (χ1v) is 8.49. The van der Waals surface area contributed by atoms with Crippen molar-refractivity contribution in [3.05, 3.63) is 29.0 Å². The molecule has 0 saturated heterocycles. The summed E-state index contributed by atoms with van der Waals surface area (Å²) in [6.07, 6.45) is 4.52. The van der Waals surface area contributed by atoms with E-state index in [0.717, 1.165) is 37.8 Å². The molecule has 20 heavy (non-hydrogen) atoms. The maximum Gasteiger partial charge on any atom is 0.242 e. The molecule has 1 aromatic carbocycles. The number of hydrogen-bond donors (Lipinski definition) is 2. The van der Waals surface area contributed by atoms with Gasteiger partial charge in [0.25, 0.3) is 0 Å². The Kier molecular flexibility index (Phi) is 5.01. The second-order valence-electron chi connectivity index (χ2n) is 5.10. The standard InChI is InChI=1S/C13H18ClFN2O2S/c14-10-8-9(15)6-7-13(10)20(18,19)17-12-5-3-1-2-4-11(12)16/h6-8,11-12,17H,1-5,16H2. The van der Waals surface area contributed by atoms with Crippen molar-refractivity contribution in [2.45, 2.75) is 49.1 Å². The SMILES string of the molecule is NC1CCCCCC1NS(=O)(=O)c1ccc(F)cc1Cl. The molecule has 0 aliphatic heterocycles. The molecule has 1 aliphatic carbocycles. The summed E-state index contributed by atoms with van der Waals surface area (Å²) < 4.78 is 40.2. The van der Waals surface area contributed by atoms with E-state index < -0.39 is 15.8 Å². The van der Waals surface area contributed by atoms with E-state index in [-0.39, 0.29) is 22.0 Å². The van der Waals surface area contributed by atoms with Crippen LogP contribution in [0.3, 0.4) is 0 Å². The van der Waals surface area contributed by atoms with Gasteiger partial charge in [-0.15, -0.1) is 0 Å². The molecule has 4 nitrogen and oxygen atoms in total. The highest BCUT2D eigenvalue weighted by atomic mass is 35.5. The molecular formula is C13H18ClFN2O2S. The summed E-state index contributed by atoms with van der Waals surface area (Å²) in [5.74, 6) is -0.569. The fourth-order valence-electron chi connectivity index (χ4n) is 2.44. The first kappa shape index (κ1) is 15.7. The molecule has 0 amide bonds. The maximum absolute atomic E-state index is 13.0. The Morgan fingerprint density at radius 2 is 1.95 bits per heavy atom. The predicted octanol–water partition coefficient (Wildman–Crippen LogP) is 2.42. The van der Waals surface area contributed by atoms with Gasteiger partial charge in [0.05, 0.1) is 5.02 Å². The van der Waals surface area contributed by atoms with Crippen LogP contribution in [0, 0.1) is 5.82 Å². The van der Waals surface area contributed by atoms with Gasteiger partial charge in [0.15, 0.2) is 0 Å². The van der Waals surface area contributed by atoms with E-state index in [4.69, 9.17) is 17.3 Å². The van der Waals surface area contributed by atoms with E-state index in [1.54, 1.807) is 0 Å². The molecular weight excluding hydrogens is 303 g/mol. The van der Waals surface area contributed by atoms with Crippen LogP contribution < -0.4 is 10.5 Å². The van der Waals surface area contributed by atoms with Crippen molar-refractivity contribution in [3.63, 3.8) is 0 Å². The zero-order valence-electron chi connectivity index (χ0n) is 11.0. The molecule has 2 rings (SSSR count). The van der Waals surface area contributed by atoms with Crippen LogP contribution in [0.2, 0.25) is 5.02 Å². The number of halogens is 2. The third-order valence-corrected chi connectivity index (χ3v) is 5.53. The molecule has 0 spiro atoms. The van der Waals surface area contributed by atoms with Crippen molar-refractivity contribution >= 4 is 21.6 Å². The number of nitrogens with two attached hydrogens (primary N) is 1. The van der Waals surface area contributed by atoms with Crippen molar-refractivity contribution < 1.29 is 12.8 Å². The molecule has 1 aromatic rings. The third kappa shape index (κ3) is 3.69. The van der Waals surface area contributed by atoms with Gasteiger partial charge in [0, 0.05) is 12.1 Å². The highest BCUT2D eigenvalue weighted by Crippen LogP contribution is 2.24. The van der Waals surface area contributed by atoms with Gasteiger partial charge in [-0.3, -0.25) is 0 Å². The van der Waals surface area contributed by atoms with Crippen LogP contribution in [-0.4, -0.2) is 20.5 Å².